The van der Waals surface area contributed by atoms with Gasteiger partial charge in [-0.3, -0.25) is 9.59 Å². The second-order valence-electron chi connectivity index (χ2n) is 7.96. The number of amides is 2. The third kappa shape index (κ3) is 2.50. The van der Waals surface area contributed by atoms with Gasteiger partial charge in [-0.2, -0.15) is 10.1 Å². The molecule has 1 aromatic rings. The number of nitrogens with zero attached hydrogens (tertiary/aromatic N) is 2. The molecule has 6 atom stereocenters. The van der Waals surface area contributed by atoms with Crippen molar-refractivity contribution in [2.75, 3.05) is 13.2 Å². The predicted molar refractivity (Wildman–Crippen MR) is 103 cm³/mol. The number of carbonyl (C=O) groups is 2. The summed E-state index contributed by atoms with van der Waals surface area (Å²) in [6, 6.07) is 5.48. The van der Waals surface area contributed by atoms with Crippen molar-refractivity contribution in [1.29, 1.82) is 0 Å². The lowest BCUT2D eigenvalue weighted by Crippen LogP contribution is -2.40. The van der Waals surface area contributed by atoms with Gasteiger partial charge in [0.1, 0.15) is 0 Å². The number of hydrogen-bond acceptors (Lipinski definition) is 5. The molecule has 6 rings (SSSR count). The Labute approximate surface area is 164 Å². The van der Waals surface area contributed by atoms with Crippen LogP contribution in [0.25, 0.3) is 0 Å². The lowest BCUT2D eigenvalue weighted by atomic mass is 9.63. The van der Waals surface area contributed by atoms with Gasteiger partial charge in [-0.25, -0.2) is 0 Å². The molecule has 2 saturated carbocycles. The summed E-state index contributed by atoms with van der Waals surface area (Å²) in [5.41, 5.74) is 0.756. The Kier molecular flexibility index (Phi) is 4.03. The van der Waals surface area contributed by atoms with Gasteiger partial charge in [-0.1, -0.05) is 12.2 Å². The molecule has 2 amide bonds. The highest BCUT2D eigenvalue weighted by Gasteiger charge is 2.67. The van der Waals surface area contributed by atoms with Gasteiger partial charge in [0, 0.05) is 0 Å². The first-order valence-corrected chi connectivity index (χ1v) is 10.1. The number of benzene rings is 1. The summed E-state index contributed by atoms with van der Waals surface area (Å²) in [4.78, 5) is 25.9. The van der Waals surface area contributed by atoms with Crippen LogP contribution in [0.5, 0.6) is 11.5 Å². The molecular formula is C22H24N2O4. The van der Waals surface area contributed by atoms with Crippen LogP contribution in [0.4, 0.5) is 0 Å². The molecule has 0 spiro atoms. The second kappa shape index (κ2) is 6.47. The maximum Gasteiger partial charge on any atom is 0.254 e. The molecule has 6 nitrogen and oxygen atoms in total. The Hall–Kier alpha value is -2.63. The molecule has 0 aromatic heterocycles. The highest BCUT2D eigenvalue weighted by atomic mass is 16.5. The molecule has 3 fully saturated rings. The van der Waals surface area contributed by atoms with Gasteiger partial charge in [-0.05, 0) is 67.7 Å². The maximum absolute atomic E-state index is 12.9. The first-order valence-electron chi connectivity index (χ1n) is 10.1. The van der Waals surface area contributed by atoms with Crippen LogP contribution in [0.1, 0.15) is 25.8 Å². The van der Waals surface area contributed by atoms with Gasteiger partial charge < -0.3 is 9.47 Å². The highest BCUT2D eigenvalue weighted by molar-refractivity contribution is 6.06. The number of ether oxygens (including phenoxy) is 2. The summed E-state index contributed by atoms with van der Waals surface area (Å²) in [7, 11) is 0. The van der Waals surface area contributed by atoms with Crippen molar-refractivity contribution >= 4 is 18.0 Å². The van der Waals surface area contributed by atoms with Crippen LogP contribution in [-0.4, -0.2) is 36.3 Å². The van der Waals surface area contributed by atoms with E-state index in [1.54, 1.807) is 6.21 Å². The minimum absolute atomic E-state index is 0.146. The Morgan fingerprint density at radius 2 is 1.61 bits per heavy atom. The van der Waals surface area contributed by atoms with E-state index in [0.29, 0.717) is 36.5 Å². The van der Waals surface area contributed by atoms with Gasteiger partial charge in [0.25, 0.3) is 11.8 Å². The monoisotopic (exact) mass is 380 g/mol. The van der Waals surface area contributed by atoms with E-state index in [-0.39, 0.29) is 35.5 Å². The van der Waals surface area contributed by atoms with E-state index in [4.69, 9.17) is 9.47 Å². The van der Waals surface area contributed by atoms with Crippen molar-refractivity contribution in [3.8, 4) is 11.5 Å². The smallest absolute Gasteiger partial charge is 0.254 e. The van der Waals surface area contributed by atoms with Crippen LogP contribution >= 0.6 is 0 Å². The molecule has 0 N–H and O–H groups in total. The third-order valence-corrected chi connectivity index (χ3v) is 6.53. The highest BCUT2D eigenvalue weighted by Crippen LogP contribution is 2.65. The summed E-state index contributed by atoms with van der Waals surface area (Å²) in [5, 5.41) is 5.38. The van der Waals surface area contributed by atoms with Crippen molar-refractivity contribution in [1.82, 2.24) is 5.01 Å². The minimum Gasteiger partial charge on any atom is -0.490 e. The topological polar surface area (TPSA) is 68.2 Å². The van der Waals surface area contributed by atoms with E-state index in [0.717, 1.165) is 17.0 Å². The quantitative estimate of drug-likeness (QED) is 0.432. The largest absolute Gasteiger partial charge is 0.490 e. The standard InChI is InChI=1S/C22H24N2O4/c1-3-27-17-8-5-12(9-18(17)28-4-2)11-23-24-21(25)19-13-6-7-14(16-10-15(13)16)20(19)22(24)26/h5-9,11,13-16,19-20H,3-4,10H2,1-2H3/b23-11-/t13-,14-,15-,16+,19+,20-/m1/s1. The van der Waals surface area contributed by atoms with Crippen molar-refractivity contribution in [3.05, 3.63) is 35.9 Å². The average molecular weight is 380 g/mol. The molecule has 0 unspecified atom stereocenters. The van der Waals surface area contributed by atoms with Crippen LogP contribution in [-0.2, 0) is 9.59 Å². The summed E-state index contributed by atoms with van der Waals surface area (Å²) in [6.45, 7) is 4.89. The van der Waals surface area contributed by atoms with E-state index in [9.17, 15) is 9.59 Å². The number of imide groups is 1. The van der Waals surface area contributed by atoms with Gasteiger partial charge in [-0.15, -0.1) is 0 Å². The van der Waals surface area contributed by atoms with E-state index in [1.807, 2.05) is 32.0 Å². The fourth-order valence-electron chi connectivity index (χ4n) is 5.33. The van der Waals surface area contributed by atoms with Crippen LogP contribution < -0.4 is 9.47 Å². The predicted octanol–water partition coefficient (Wildman–Crippen LogP) is 2.87. The fraction of sp³-hybridized carbons (Fsp3) is 0.500. The molecule has 5 aliphatic rings. The zero-order valence-electron chi connectivity index (χ0n) is 16.1. The first kappa shape index (κ1) is 17.5. The Bertz CT molecular complexity index is 857. The molecule has 28 heavy (non-hydrogen) atoms. The zero-order chi connectivity index (χ0) is 19.4. The Morgan fingerprint density at radius 1 is 1.00 bits per heavy atom. The molecule has 1 saturated heterocycles. The van der Waals surface area contributed by atoms with Gasteiger partial charge in [0.15, 0.2) is 11.5 Å². The van der Waals surface area contributed by atoms with Gasteiger partial charge in [0.05, 0.1) is 31.3 Å². The molecule has 4 aliphatic carbocycles. The number of hydrogen-bond donors (Lipinski definition) is 0. The molecule has 1 aromatic carbocycles. The Balaban J connectivity index is 1.38. The van der Waals surface area contributed by atoms with Crippen LogP contribution in [0.15, 0.2) is 35.5 Å². The SMILES string of the molecule is CCOc1ccc(/C=N\N2C(=O)[C@@H]3[C@@H]4C=C[C@H]([C@H]5C[C@@H]45)[C@@H]3C2=O)cc1OCC. The lowest BCUT2D eigenvalue weighted by Gasteiger charge is -2.37. The molecule has 1 aliphatic heterocycles. The van der Waals surface area contributed by atoms with Crippen LogP contribution in [0.2, 0.25) is 0 Å². The first-order chi connectivity index (χ1) is 13.6. The van der Waals surface area contributed by atoms with E-state index in [1.165, 1.54) is 0 Å². The summed E-state index contributed by atoms with van der Waals surface area (Å²) < 4.78 is 11.2. The Morgan fingerprint density at radius 3 is 2.21 bits per heavy atom. The van der Waals surface area contributed by atoms with E-state index < -0.39 is 0 Å². The fourth-order valence-corrected chi connectivity index (χ4v) is 5.33. The van der Waals surface area contributed by atoms with E-state index in [2.05, 4.69) is 17.3 Å². The number of rotatable bonds is 6. The normalized spacial score (nSPS) is 34.7. The molecule has 1 heterocycles. The molecule has 146 valence electrons. The van der Waals surface area contributed by atoms with E-state index >= 15 is 0 Å². The van der Waals surface area contributed by atoms with Crippen molar-refractivity contribution in [3.63, 3.8) is 0 Å². The third-order valence-electron chi connectivity index (χ3n) is 6.53. The minimum atomic E-state index is -0.220. The van der Waals surface area contributed by atoms with Crippen molar-refractivity contribution in [2.24, 2.45) is 40.6 Å². The lowest BCUT2D eigenvalue weighted by molar-refractivity contribution is -0.140. The summed E-state index contributed by atoms with van der Waals surface area (Å²) >= 11 is 0. The van der Waals surface area contributed by atoms with Crippen LogP contribution in [0.3, 0.4) is 0 Å². The molecule has 0 radical (unpaired) electrons. The van der Waals surface area contributed by atoms with Gasteiger partial charge in [0.2, 0.25) is 0 Å². The summed E-state index contributed by atoms with van der Waals surface area (Å²) in [5.74, 6) is 2.18. The van der Waals surface area contributed by atoms with Crippen LogP contribution in [0, 0.1) is 35.5 Å². The summed E-state index contributed by atoms with van der Waals surface area (Å²) in [6.07, 6.45) is 7.05. The number of hydrazone groups is 1. The molecule has 6 heteroatoms. The molecular weight excluding hydrogens is 356 g/mol. The maximum atomic E-state index is 12.9. The van der Waals surface area contributed by atoms with Crippen molar-refractivity contribution < 1.29 is 19.1 Å². The van der Waals surface area contributed by atoms with Gasteiger partial charge >= 0.3 is 0 Å². The number of carbonyl (C=O) groups excluding carboxylic acids is 2. The second-order valence-corrected chi connectivity index (χ2v) is 7.96. The molecule has 2 bridgehead atoms. The average Bonchev–Trinajstić information content (AvgIpc) is 3.48. The number of allylic oxidation sites excluding steroid dienone is 2. The zero-order valence-corrected chi connectivity index (χ0v) is 16.1. The van der Waals surface area contributed by atoms with Crippen molar-refractivity contribution in [2.45, 2.75) is 20.3 Å².